The van der Waals surface area contributed by atoms with Crippen molar-refractivity contribution in [3.63, 3.8) is 0 Å². The van der Waals surface area contributed by atoms with Gasteiger partial charge in [-0.05, 0) is 42.3 Å². The van der Waals surface area contributed by atoms with E-state index in [9.17, 15) is 23.1 Å². The maximum atomic E-state index is 12.6. The van der Waals surface area contributed by atoms with Gasteiger partial charge in [0.15, 0.2) is 11.7 Å². The topological polar surface area (TPSA) is 83.6 Å². The Bertz CT molecular complexity index is 947. The molecule has 2 aromatic carbocycles. The van der Waals surface area contributed by atoms with E-state index in [4.69, 9.17) is 9.52 Å². The fourth-order valence-corrected chi connectivity index (χ4v) is 2.49. The second-order valence-corrected chi connectivity index (χ2v) is 5.86. The summed E-state index contributed by atoms with van der Waals surface area (Å²) in [7, 11) is 0. The zero-order chi connectivity index (χ0) is 19.1. The molecule has 1 aromatic heterocycles. The van der Waals surface area contributed by atoms with Gasteiger partial charge in [-0.15, -0.1) is 0 Å². The molecule has 0 fully saturated rings. The van der Waals surface area contributed by atoms with Gasteiger partial charge in [0, 0.05) is 0 Å². The van der Waals surface area contributed by atoms with Gasteiger partial charge in [-0.1, -0.05) is 18.2 Å². The molecule has 136 valence electrons. The molecule has 0 radical (unpaired) electrons. The van der Waals surface area contributed by atoms with Crippen LogP contribution in [0.1, 0.15) is 41.5 Å². The number of benzene rings is 2. The molecule has 0 aliphatic heterocycles. The minimum absolute atomic E-state index is 0.0834. The maximum Gasteiger partial charge on any atom is 0.416 e. The van der Waals surface area contributed by atoms with Gasteiger partial charge < -0.3 is 14.6 Å². The normalized spacial score (nSPS) is 14.3. The summed E-state index contributed by atoms with van der Waals surface area (Å²) >= 11 is 0. The van der Waals surface area contributed by atoms with Crippen LogP contribution < -0.4 is 0 Å². The Balaban J connectivity index is 1.91. The molecular weight excluding hydrogens is 351 g/mol. The van der Waals surface area contributed by atoms with Crippen molar-refractivity contribution >= 4 is 17.1 Å². The number of nitrogens with zero attached hydrogens (tertiary/aromatic N) is 1. The molecule has 5 nitrogen and oxygen atoms in total. The van der Waals surface area contributed by atoms with Gasteiger partial charge in [-0.3, -0.25) is 4.79 Å². The van der Waals surface area contributed by atoms with E-state index in [-0.39, 0.29) is 11.5 Å². The molecule has 0 saturated heterocycles. The second kappa shape index (κ2) is 6.45. The third-order valence-electron chi connectivity index (χ3n) is 4.09. The van der Waals surface area contributed by atoms with E-state index < -0.39 is 29.7 Å². The summed E-state index contributed by atoms with van der Waals surface area (Å²) < 4.78 is 43.3. The van der Waals surface area contributed by atoms with Crippen LogP contribution in [-0.2, 0) is 11.0 Å². The molecule has 0 aliphatic carbocycles. The number of aliphatic carboxylic acids is 1. The van der Waals surface area contributed by atoms with E-state index in [2.05, 4.69) is 4.98 Å². The van der Waals surface area contributed by atoms with E-state index in [0.717, 1.165) is 24.3 Å². The van der Waals surface area contributed by atoms with Gasteiger partial charge in [0.1, 0.15) is 5.52 Å². The van der Waals surface area contributed by atoms with Crippen LogP contribution in [0, 0.1) is 0 Å². The van der Waals surface area contributed by atoms with Gasteiger partial charge in [0.05, 0.1) is 11.5 Å². The Morgan fingerprint density at radius 1 is 1.12 bits per heavy atom. The van der Waals surface area contributed by atoms with Crippen LogP contribution in [0.4, 0.5) is 13.2 Å². The fraction of sp³-hybridized carbons (Fsp3) is 0.222. The highest BCUT2D eigenvalue weighted by molar-refractivity contribution is 5.79. The highest BCUT2D eigenvalue weighted by Gasteiger charge is 2.30. The maximum absolute atomic E-state index is 12.6. The number of aliphatic hydroxyl groups excluding tert-OH is 1. The smallest absolute Gasteiger partial charge is 0.416 e. The number of hydrogen-bond donors (Lipinski definition) is 2. The standard InChI is InChI=1S/C18H14F3NO4/c1-9(17(24)25)11-4-7-14-13(8-11)22-16(26-14)15(23)10-2-5-12(6-3-10)18(19,20)21/h2-9,15,23H,1H3,(H,24,25). The highest BCUT2D eigenvalue weighted by atomic mass is 19.4. The summed E-state index contributed by atoms with van der Waals surface area (Å²) in [5.41, 5.74) is 0.597. The third-order valence-corrected chi connectivity index (χ3v) is 4.09. The Morgan fingerprint density at radius 3 is 2.31 bits per heavy atom. The van der Waals surface area contributed by atoms with Crippen molar-refractivity contribution in [1.82, 2.24) is 4.98 Å². The average Bonchev–Trinajstić information content (AvgIpc) is 3.02. The zero-order valence-corrected chi connectivity index (χ0v) is 13.5. The van der Waals surface area contributed by atoms with Crippen molar-refractivity contribution in [3.8, 4) is 0 Å². The molecule has 2 atom stereocenters. The number of oxazole rings is 1. The van der Waals surface area contributed by atoms with Gasteiger partial charge >= 0.3 is 12.1 Å². The molecule has 0 bridgehead atoms. The first-order valence-corrected chi connectivity index (χ1v) is 7.65. The number of fused-ring (bicyclic) bond motifs is 1. The Labute approximate surface area is 145 Å². The van der Waals surface area contributed by atoms with E-state index in [1.165, 1.54) is 6.92 Å². The van der Waals surface area contributed by atoms with Gasteiger partial charge in [0.25, 0.3) is 0 Å². The van der Waals surface area contributed by atoms with Crippen LogP contribution in [-0.4, -0.2) is 21.2 Å². The number of hydrogen-bond acceptors (Lipinski definition) is 4. The molecule has 26 heavy (non-hydrogen) atoms. The second-order valence-electron chi connectivity index (χ2n) is 5.86. The minimum Gasteiger partial charge on any atom is -0.481 e. The number of carboxylic acid groups (broad SMARTS) is 1. The molecule has 0 spiro atoms. The van der Waals surface area contributed by atoms with Crippen molar-refractivity contribution in [2.75, 3.05) is 0 Å². The van der Waals surface area contributed by atoms with E-state index in [1.807, 2.05) is 0 Å². The molecule has 0 aliphatic rings. The van der Waals surface area contributed by atoms with Crippen molar-refractivity contribution in [2.45, 2.75) is 25.1 Å². The molecular formula is C18H14F3NO4. The largest absolute Gasteiger partial charge is 0.481 e. The number of carbonyl (C=O) groups is 1. The lowest BCUT2D eigenvalue weighted by Gasteiger charge is -2.10. The number of halogens is 3. The molecule has 3 aromatic rings. The van der Waals surface area contributed by atoms with Crippen molar-refractivity contribution in [2.24, 2.45) is 0 Å². The molecule has 3 rings (SSSR count). The van der Waals surface area contributed by atoms with Gasteiger partial charge in [-0.25, -0.2) is 4.98 Å². The first-order chi connectivity index (χ1) is 12.2. The van der Waals surface area contributed by atoms with Crippen molar-refractivity contribution < 1.29 is 32.6 Å². The predicted molar refractivity (Wildman–Crippen MR) is 85.6 cm³/mol. The number of rotatable bonds is 4. The van der Waals surface area contributed by atoms with Gasteiger partial charge in [0.2, 0.25) is 5.89 Å². The van der Waals surface area contributed by atoms with Crippen LogP contribution >= 0.6 is 0 Å². The summed E-state index contributed by atoms with van der Waals surface area (Å²) in [6.07, 6.45) is -5.80. The molecule has 8 heteroatoms. The minimum atomic E-state index is -4.46. The highest BCUT2D eigenvalue weighted by Crippen LogP contribution is 2.32. The van der Waals surface area contributed by atoms with Crippen molar-refractivity contribution in [3.05, 3.63) is 65.0 Å². The van der Waals surface area contributed by atoms with E-state index in [1.54, 1.807) is 18.2 Å². The first-order valence-electron chi connectivity index (χ1n) is 7.65. The number of aromatic nitrogens is 1. The van der Waals surface area contributed by atoms with Crippen LogP contribution in [0.25, 0.3) is 11.1 Å². The third kappa shape index (κ3) is 3.41. The van der Waals surface area contributed by atoms with E-state index >= 15 is 0 Å². The lowest BCUT2D eigenvalue weighted by atomic mass is 10.0. The van der Waals surface area contributed by atoms with Crippen molar-refractivity contribution in [1.29, 1.82) is 0 Å². The van der Waals surface area contributed by atoms with Gasteiger partial charge in [-0.2, -0.15) is 13.2 Å². The summed E-state index contributed by atoms with van der Waals surface area (Å²) in [4.78, 5) is 15.2. The molecule has 2 N–H and O–H groups in total. The average molecular weight is 365 g/mol. The quantitative estimate of drug-likeness (QED) is 0.727. The molecule has 0 saturated carbocycles. The molecule has 1 heterocycles. The van der Waals surface area contributed by atoms with Crippen LogP contribution in [0.5, 0.6) is 0 Å². The fourth-order valence-electron chi connectivity index (χ4n) is 2.49. The lowest BCUT2D eigenvalue weighted by Crippen LogP contribution is -2.07. The molecule has 0 amide bonds. The van der Waals surface area contributed by atoms with E-state index in [0.29, 0.717) is 16.7 Å². The Kier molecular flexibility index (Phi) is 4.45. The summed E-state index contributed by atoms with van der Waals surface area (Å²) in [6, 6.07) is 8.71. The monoisotopic (exact) mass is 365 g/mol. The zero-order valence-electron chi connectivity index (χ0n) is 13.5. The predicted octanol–water partition coefficient (Wildman–Crippen LogP) is 4.12. The van der Waals surface area contributed by atoms with Crippen LogP contribution in [0.3, 0.4) is 0 Å². The summed E-state index contributed by atoms with van der Waals surface area (Å²) in [5, 5.41) is 19.4. The van der Waals surface area contributed by atoms with Crippen LogP contribution in [0.15, 0.2) is 46.9 Å². The summed E-state index contributed by atoms with van der Waals surface area (Å²) in [6.45, 7) is 1.53. The van der Waals surface area contributed by atoms with Crippen LogP contribution in [0.2, 0.25) is 0 Å². The molecule has 2 unspecified atom stereocenters. The summed E-state index contributed by atoms with van der Waals surface area (Å²) in [5.74, 6) is -1.81. The SMILES string of the molecule is CC(C(=O)O)c1ccc2oc(C(O)c3ccc(C(F)(F)F)cc3)nc2c1. The number of aliphatic hydroxyl groups is 1. The Hall–Kier alpha value is -2.87. The number of alkyl halides is 3. The lowest BCUT2D eigenvalue weighted by molar-refractivity contribution is -0.138. The number of carboxylic acids is 1. The first kappa shape index (κ1) is 17.9. The Morgan fingerprint density at radius 2 is 1.73 bits per heavy atom.